The molecule has 0 bridgehead atoms. The summed E-state index contributed by atoms with van der Waals surface area (Å²) in [6.07, 6.45) is 0.267. The van der Waals surface area contributed by atoms with Crippen LogP contribution in [0.5, 0.6) is 0 Å². The van der Waals surface area contributed by atoms with Crippen molar-refractivity contribution in [2.45, 2.75) is 20.3 Å². The fourth-order valence-electron chi connectivity index (χ4n) is 2.57. The SMILES string of the molecule is Cc1cc(-c2cnccc2C)cc(C(=O)Nc2ccc(F)c(C(F)F)n2)n1. The Morgan fingerprint density at radius 1 is 1.11 bits per heavy atom. The molecule has 3 heterocycles. The average Bonchev–Trinajstić information content (AvgIpc) is 2.63. The van der Waals surface area contributed by atoms with Gasteiger partial charge in [-0.3, -0.25) is 9.78 Å². The van der Waals surface area contributed by atoms with Crippen LogP contribution >= 0.6 is 0 Å². The van der Waals surface area contributed by atoms with Gasteiger partial charge in [-0.25, -0.2) is 23.1 Å². The van der Waals surface area contributed by atoms with Crippen molar-refractivity contribution in [3.63, 3.8) is 0 Å². The first kappa shape index (κ1) is 18.5. The minimum Gasteiger partial charge on any atom is -0.305 e. The van der Waals surface area contributed by atoms with E-state index >= 15 is 0 Å². The van der Waals surface area contributed by atoms with Crippen LogP contribution in [0.4, 0.5) is 19.0 Å². The molecule has 0 spiro atoms. The average molecular weight is 372 g/mol. The second-order valence-electron chi connectivity index (χ2n) is 5.89. The maximum Gasteiger partial charge on any atom is 0.283 e. The summed E-state index contributed by atoms with van der Waals surface area (Å²) in [5.74, 6) is -1.95. The van der Waals surface area contributed by atoms with E-state index < -0.39 is 23.8 Å². The van der Waals surface area contributed by atoms with E-state index in [2.05, 4.69) is 20.3 Å². The second kappa shape index (κ2) is 7.53. The molecule has 0 aromatic carbocycles. The normalized spacial score (nSPS) is 10.9. The van der Waals surface area contributed by atoms with Gasteiger partial charge in [0, 0.05) is 23.7 Å². The summed E-state index contributed by atoms with van der Waals surface area (Å²) < 4.78 is 38.9. The van der Waals surface area contributed by atoms with Crippen molar-refractivity contribution in [2.24, 2.45) is 0 Å². The third kappa shape index (κ3) is 4.11. The first-order valence-corrected chi connectivity index (χ1v) is 8.01. The van der Waals surface area contributed by atoms with Gasteiger partial charge in [-0.05, 0) is 55.3 Å². The highest BCUT2D eigenvalue weighted by Crippen LogP contribution is 2.24. The Morgan fingerprint density at radius 2 is 1.89 bits per heavy atom. The van der Waals surface area contributed by atoms with Crippen LogP contribution in [-0.2, 0) is 0 Å². The van der Waals surface area contributed by atoms with Crippen molar-refractivity contribution in [3.05, 3.63) is 71.2 Å². The van der Waals surface area contributed by atoms with Crippen molar-refractivity contribution < 1.29 is 18.0 Å². The highest BCUT2D eigenvalue weighted by molar-refractivity contribution is 6.03. The van der Waals surface area contributed by atoms with Crippen LogP contribution < -0.4 is 5.32 Å². The molecule has 3 aromatic rings. The van der Waals surface area contributed by atoms with Crippen LogP contribution in [0.15, 0.2) is 42.7 Å². The quantitative estimate of drug-likeness (QED) is 0.733. The molecule has 0 aliphatic carbocycles. The van der Waals surface area contributed by atoms with Crippen LogP contribution in [0.3, 0.4) is 0 Å². The van der Waals surface area contributed by atoms with Gasteiger partial charge in [-0.1, -0.05) is 0 Å². The van der Waals surface area contributed by atoms with Crippen LogP contribution in [0.2, 0.25) is 0 Å². The monoisotopic (exact) mass is 372 g/mol. The van der Waals surface area contributed by atoms with Crippen molar-refractivity contribution in [3.8, 4) is 11.1 Å². The summed E-state index contributed by atoms with van der Waals surface area (Å²) in [6.45, 7) is 3.65. The van der Waals surface area contributed by atoms with Crippen molar-refractivity contribution >= 4 is 11.7 Å². The van der Waals surface area contributed by atoms with Gasteiger partial charge in [-0.2, -0.15) is 0 Å². The van der Waals surface area contributed by atoms with Crippen LogP contribution in [0.25, 0.3) is 11.1 Å². The van der Waals surface area contributed by atoms with Gasteiger partial charge < -0.3 is 5.32 Å². The molecule has 0 unspecified atom stereocenters. The lowest BCUT2D eigenvalue weighted by Gasteiger charge is -2.10. The van der Waals surface area contributed by atoms with Crippen molar-refractivity contribution in [1.82, 2.24) is 15.0 Å². The number of alkyl halides is 2. The first-order chi connectivity index (χ1) is 12.8. The number of nitrogens with zero attached hydrogens (tertiary/aromatic N) is 3. The number of aryl methyl sites for hydroxylation is 2. The lowest BCUT2D eigenvalue weighted by molar-refractivity contribution is 0.102. The van der Waals surface area contributed by atoms with E-state index in [1.165, 1.54) is 0 Å². The molecular formula is C19H15F3N4O. The molecular weight excluding hydrogens is 357 g/mol. The number of pyridine rings is 3. The number of halogens is 3. The molecule has 0 atom stereocenters. The minimum absolute atomic E-state index is 0.0815. The maximum atomic E-state index is 13.3. The number of aromatic nitrogens is 3. The number of carbonyl (C=O) groups is 1. The van der Waals surface area contributed by atoms with Gasteiger partial charge in [0.1, 0.15) is 17.2 Å². The molecule has 0 aliphatic heterocycles. The third-order valence-electron chi connectivity index (χ3n) is 3.86. The number of nitrogens with one attached hydrogen (secondary N) is 1. The number of hydrogen-bond acceptors (Lipinski definition) is 4. The second-order valence-corrected chi connectivity index (χ2v) is 5.89. The molecule has 27 heavy (non-hydrogen) atoms. The lowest BCUT2D eigenvalue weighted by Crippen LogP contribution is -2.16. The van der Waals surface area contributed by atoms with E-state index in [-0.39, 0.29) is 11.5 Å². The highest BCUT2D eigenvalue weighted by atomic mass is 19.3. The maximum absolute atomic E-state index is 13.3. The molecule has 3 aromatic heterocycles. The van der Waals surface area contributed by atoms with E-state index in [1.807, 2.05) is 19.1 Å². The Labute approximate surface area is 153 Å². The summed E-state index contributed by atoms with van der Waals surface area (Å²) in [5.41, 5.74) is 2.23. The number of amides is 1. The Balaban J connectivity index is 1.92. The molecule has 0 saturated heterocycles. The molecule has 3 rings (SSSR count). The smallest absolute Gasteiger partial charge is 0.283 e. The molecule has 0 radical (unpaired) electrons. The number of rotatable bonds is 4. The predicted octanol–water partition coefficient (Wildman–Crippen LogP) is 4.48. The zero-order valence-electron chi connectivity index (χ0n) is 14.5. The first-order valence-electron chi connectivity index (χ1n) is 8.01. The van der Waals surface area contributed by atoms with E-state index in [0.29, 0.717) is 5.69 Å². The zero-order valence-corrected chi connectivity index (χ0v) is 14.5. The van der Waals surface area contributed by atoms with Crippen LogP contribution in [0, 0.1) is 19.7 Å². The molecule has 8 heteroatoms. The molecule has 0 fully saturated rings. The molecule has 1 N–H and O–H groups in total. The van der Waals surface area contributed by atoms with Crippen LogP contribution in [0.1, 0.15) is 33.9 Å². The van der Waals surface area contributed by atoms with Gasteiger partial charge in [0.05, 0.1) is 0 Å². The third-order valence-corrected chi connectivity index (χ3v) is 3.86. The highest BCUT2D eigenvalue weighted by Gasteiger charge is 2.18. The summed E-state index contributed by atoms with van der Waals surface area (Å²) in [4.78, 5) is 24.2. The fourth-order valence-corrected chi connectivity index (χ4v) is 2.57. The number of anilines is 1. The van der Waals surface area contributed by atoms with Gasteiger partial charge >= 0.3 is 0 Å². The Hall–Kier alpha value is -3.29. The van der Waals surface area contributed by atoms with Gasteiger partial charge in [0.15, 0.2) is 5.82 Å². The largest absolute Gasteiger partial charge is 0.305 e. The predicted molar refractivity (Wildman–Crippen MR) is 94.0 cm³/mol. The molecule has 5 nitrogen and oxygen atoms in total. The fraction of sp³-hybridized carbons (Fsp3) is 0.158. The van der Waals surface area contributed by atoms with Gasteiger partial charge in [0.25, 0.3) is 12.3 Å². The van der Waals surface area contributed by atoms with E-state index in [9.17, 15) is 18.0 Å². The zero-order chi connectivity index (χ0) is 19.6. The van der Waals surface area contributed by atoms with Gasteiger partial charge in [-0.15, -0.1) is 0 Å². The molecule has 1 amide bonds. The standard InChI is InChI=1S/C19H15F3N4O/c1-10-5-6-23-9-13(10)12-7-11(2)24-15(8-12)19(27)26-16-4-3-14(20)17(25-16)18(21)22/h3-9,18H,1-2H3,(H,25,26,27). The summed E-state index contributed by atoms with van der Waals surface area (Å²) >= 11 is 0. The molecule has 138 valence electrons. The Bertz CT molecular complexity index is 1010. The van der Waals surface area contributed by atoms with Crippen molar-refractivity contribution in [1.29, 1.82) is 0 Å². The lowest BCUT2D eigenvalue weighted by atomic mass is 10.0. The van der Waals surface area contributed by atoms with Gasteiger partial charge in [0.2, 0.25) is 0 Å². The van der Waals surface area contributed by atoms with Crippen molar-refractivity contribution in [2.75, 3.05) is 5.32 Å². The molecule has 0 aliphatic rings. The number of carbonyl (C=O) groups excluding carboxylic acids is 1. The number of hydrogen-bond donors (Lipinski definition) is 1. The topological polar surface area (TPSA) is 67.8 Å². The molecule has 0 saturated carbocycles. The van der Waals surface area contributed by atoms with E-state index in [1.54, 1.807) is 25.4 Å². The minimum atomic E-state index is -3.08. The van der Waals surface area contributed by atoms with Crippen LogP contribution in [-0.4, -0.2) is 20.9 Å². The summed E-state index contributed by atoms with van der Waals surface area (Å²) in [5, 5.41) is 2.37. The Kier molecular flexibility index (Phi) is 5.16. The van der Waals surface area contributed by atoms with E-state index in [4.69, 9.17) is 0 Å². The van der Waals surface area contributed by atoms with E-state index in [0.717, 1.165) is 28.8 Å². The Morgan fingerprint density at radius 3 is 2.59 bits per heavy atom. The summed E-state index contributed by atoms with van der Waals surface area (Å²) in [7, 11) is 0. The summed E-state index contributed by atoms with van der Waals surface area (Å²) in [6, 6.07) is 7.17.